The number of hydrogen-bond donors (Lipinski definition) is 1. The molecule has 1 N–H and O–H groups in total. The maximum atomic E-state index is 12.7. The predicted octanol–water partition coefficient (Wildman–Crippen LogP) is 2.09. The van der Waals surface area contributed by atoms with Crippen LogP contribution in [-0.4, -0.2) is 45.0 Å². The number of rotatable bonds is 6. The normalized spacial score (nSPS) is 20.3. The molecule has 0 radical (unpaired) electrons. The van der Waals surface area contributed by atoms with E-state index in [1.807, 2.05) is 6.92 Å². The predicted molar refractivity (Wildman–Crippen MR) is 87.6 cm³/mol. The van der Waals surface area contributed by atoms with Crippen LogP contribution in [0.5, 0.6) is 5.75 Å². The molecule has 0 aliphatic carbocycles. The Labute approximate surface area is 133 Å². The van der Waals surface area contributed by atoms with E-state index in [-0.39, 0.29) is 6.04 Å². The summed E-state index contributed by atoms with van der Waals surface area (Å²) in [5, 5.41) is 3.20. The molecule has 0 amide bonds. The third kappa shape index (κ3) is 4.21. The summed E-state index contributed by atoms with van der Waals surface area (Å²) < 4.78 is 32.5. The summed E-state index contributed by atoms with van der Waals surface area (Å²) in [6.45, 7) is 8.76. The average Bonchev–Trinajstić information content (AvgIpc) is 2.47. The SMILES string of the molecule is CC(C)CCOc1ccc(S(=O)(=O)N2CCNCC2C)cc1. The quantitative estimate of drug-likeness (QED) is 0.870. The first-order valence-corrected chi connectivity index (χ1v) is 9.30. The van der Waals surface area contributed by atoms with Crippen molar-refractivity contribution in [1.82, 2.24) is 9.62 Å². The lowest BCUT2D eigenvalue weighted by molar-refractivity contribution is 0.283. The van der Waals surface area contributed by atoms with Gasteiger partial charge in [0.2, 0.25) is 10.0 Å². The number of nitrogens with one attached hydrogen (secondary N) is 1. The van der Waals surface area contributed by atoms with Crippen molar-refractivity contribution < 1.29 is 13.2 Å². The number of nitrogens with zero attached hydrogens (tertiary/aromatic N) is 1. The molecule has 0 bridgehead atoms. The molecule has 124 valence electrons. The van der Waals surface area contributed by atoms with Crippen LogP contribution in [-0.2, 0) is 10.0 Å². The zero-order valence-electron chi connectivity index (χ0n) is 13.6. The van der Waals surface area contributed by atoms with Gasteiger partial charge in [-0.25, -0.2) is 8.42 Å². The molecule has 1 unspecified atom stereocenters. The zero-order chi connectivity index (χ0) is 16.2. The maximum absolute atomic E-state index is 12.7. The van der Waals surface area contributed by atoms with E-state index in [1.54, 1.807) is 28.6 Å². The van der Waals surface area contributed by atoms with Crippen molar-refractivity contribution in [1.29, 1.82) is 0 Å². The number of ether oxygens (including phenoxy) is 1. The Morgan fingerprint density at radius 1 is 1.32 bits per heavy atom. The Balaban J connectivity index is 2.05. The van der Waals surface area contributed by atoms with E-state index in [2.05, 4.69) is 19.2 Å². The highest BCUT2D eigenvalue weighted by Crippen LogP contribution is 2.22. The number of piperazine rings is 1. The molecule has 1 fully saturated rings. The molecule has 0 aromatic heterocycles. The fourth-order valence-electron chi connectivity index (χ4n) is 2.44. The Kier molecular flexibility index (Phi) is 5.83. The van der Waals surface area contributed by atoms with Crippen molar-refractivity contribution in [2.75, 3.05) is 26.2 Å². The van der Waals surface area contributed by atoms with Gasteiger partial charge in [0.15, 0.2) is 0 Å². The monoisotopic (exact) mass is 326 g/mol. The van der Waals surface area contributed by atoms with Crippen LogP contribution in [0.15, 0.2) is 29.2 Å². The van der Waals surface area contributed by atoms with Gasteiger partial charge in [-0.2, -0.15) is 4.31 Å². The van der Waals surface area contributed by atoms with Crippen molar-refractivity contribution in [3.05, 3.63) is 24.3 Å². The van der Waals surface area contributed by atoms with Gasteiger partial charge in [-0.3, -0.25) is 0 Å². The number of hydrogen-bond acceptors (Lipinski definition) is 4. The van der Waals surface area contributed by atoms with Crippen LogP contribution in [0.1, 0.15) is 27.2 Å². The Morgan fingerprint density at radius 3 is 2.59 bits per heavy atom. The summed E-state index contributed by atoms with van der Waals surface area (Å²) in [5.74, 6) is 1.31. The standard InChI is InChI=1S/C16H26N2O3S/c1-13(2)8-11-21-15-4-6-16(7-5-15)22(19,20)18-10-9-17-12-14(18)3/h4-7,13-14,17H,8-12H2,1-3H3. The molecule has 1 aliphatic rings. The summed E-state index contributed by atoms with van der Waals surface area (Å²) in [4.78, 5) is 0.331. The fraction of sp³-hybridized carbons (Fsp3) is 0.625. The van der Waals surface area contributed by atoms with Crippen LogP contribution >= 0.6 is 0 Å². The molecular weight excluding hydrogens is 300 g/mol. The molecule has 1 aromatic rings. The fourth-order valence-corrected chi connectivity index (χ4v) is 4.07. The zero-order valence-corrected chi connectivity index (χ0v) is 14.4. The van der Waals surface area contributed by atoms with E-state index in [9.17, 15) is 8.42 Å². The first-order chi connectivity index (χ1) is 10.4. The van der Waals surface area contributed by atoms with Crippen molar-refractivity contribution in [2.45, 2.75) is 38.1 Å². The Morgan fingerprint density at radius 2 is 2.00 bits per heavy atom. The number of benzene rings is 1. The summed E-state index contributed by atoms with van der Waals surface area (Å²) in [6, 6.07) is 6.71. The van der Waals surface area contributed by atoms with Gasteiger partial charge >= 0.3 is 0 Å². The molecule has 0 spiro atoms. The van der Waals surface area contributed by atoms with Gasteiger partial charge in [-0.05, 0) is 43.5 Å². The minimum atomic E-state index is -3.42. The minimum absolute atomic E-state index is 0.0271. The van der Waals surface area contributed by atoms with Crippen molar-refractivity contribution >= 4 is 10.0 Å². The Bertz CT molecular complexity index is 570. The van der Waals surface area contributed by atoms with E-state index < -0.39 is 10.0 Å². The van der Waals surface area contributed by atoms with Gasteiger partial charge in [0.1, 0.15) is 5.75 Å². The lowest BCUT2D eigenvalue weighted by atomic mass is 10.1. The van der Waals surface area contributed by atoms with Gasteiger partial charge < -0.3 is 10.1 Å². The van der Waals surface area contributed by atoms with Crippen LogP contribution in [0.2, 0.25) is 0 Å². The Hall–Kier alpha value is -1.11. The minimum Gasteiger partial charge on any atom is -0.494 e. The van der Waals surface area contributed by atoms with Crippen molar-refractivity contribution in [2.24, 2.45) is 5.92 Å². The second kappa shape index (κ2) is 7.44. The largest absolute Gasteiger partial charge is 0.494 e. The molecular formula is C16H26N2O3S. The van der Waals surface area contributed by atoms with Gasteiger partial charge in [0.25, 0.3) is 0 Å². The molecule has 1 aliphatic heterocycles. The van der Waals surface area contributed by atoms with E-state index in [0.29, 0.717) is 42.8 Å². The van der Waals surface area contributed by atoms with Crippen LogP contribution in [0.4, 0.5) is 0 Å². The lowest BCUT2D eigenvalue weighted by Gasteiger charge is -2.32. The molecule has 1 heterocycles. The van der Waals surface area contributed by atoms with Gasteiger partial charge in [-0.1, -0.05) is 13.8 Å². The van der Waals surface area contributed by atoms with Crippen LogP contribution in [0.25, 0.3) is 0 Å². The molecule has 1 saturated heterocycles. The third-order valence-electron chi connectivity index (χ3n) is 3.83. The molecule has 1 atom stereocenters. The van der Waals surface area contributed by atoms with Crippen LogP contribution in [0.3, 0.4) is 0 Å². The van der Waals surface area contributed by atoms with Crippen molar-refractivity contribution in [3.63, 3.8) is 0 Å². The van der Waals surface area contributed by atoms with Crippen LogP contribution < -0.4 is 10.1 Å². The molecule has 5 nitrogen and oxygen atoms in total. The van der Waals surface area contributed by atoms with Crippen molar-refractivity contribution in [3.8, 4) is 5.75 Å². The van der Waals surface area contributed by atoms with Gasteiger partial charge in [0.05, 0.1) is 11.5 Å². The van der Waals surface area contributed by atoms with E-state index in [0.717, 1.165) is 6.42 Å². The summed E-state index contributed by atoms with van der Waals surface area (Å²) >= 11 is 0. The number of sulfonamides is 1. The summed E-state index contributed by atoms with van der Waals surface area (Å²) in [5.41, 5.74) is 0. The lowest BCUT2D eigenvalue weighted by Crippen LogP contribution is -2.52. The van der Waals surface area contributed by atoms with Crippen LogP contribution in [0, 0.1) is 5.92 Å². The molecule has 6 heteroatoms. The van der Waals surface area contributed by atoms with E-state index >= 15 is 0 Å². The maximum Gasteiger partial charge on any atom is 0.243 e. The third-order valence-corrected chi connectivity index (χ3v) is 5.86. The average molecular weight is 326 g/mol. The van der Waals surface area contributed by atoms with Gasteiger partial charge in [-0.15, -0.1) is 0 Å². The molecule has 22 heavy (non-hydrogen) atoms. The second-order valence-corrected chi connectivity index (χ2v) is 8.06. The highest BCUT2D eigenvalue weighted by molar-refractivity contribution is 7.89. The summed E-state index contributed by atoms with van der Waals surface area (Å²) in [6.07, 6.45) is 0.984. The van der Waals surface area contributed by atoms with E-state index in [4.69, 9.17) is 4.74 Å². The highest BCUT2D eigenvalue weighted by atomic mass is 32.2. The first-order valence-electron chi connectivity index (χ1n) is 7.86. The van der Waals surface area contributed by atoms with E-state index in [1.165, 1.54) is 0 Å². The molecule has 2 rings (SSSR count). The highest BCUT2D eigenvalue weighted by Gasteiger charge is 2.30. The topological polar surface area (TPSA) is 58.6 Å². The molecule has 0 saturated carbocycles. The smallest absolute Gasteiger partial charge is 0.243 e. The summed E-state index contributed by atoms with van der Waals surface area (Å²) in [7, 11) is -3.42. The van der Waals surface area contributed by atoms with Gasteiger partial charge in [0, 0.05) is 25.7 Å². The molecule has 1 aromatic carbocycles. The second-order valence-electron chi connectivity index (χ2n) is 6.17. The first kappa shape index (κ1) is 17.2.